The molecule has 1 heterocycles. The first-order valence-corrected chi connectivity index (χ1v) is 8.25. The van der Waals surface area contributed by atoms with Gasteiger partial charge in [0, 0.05) is 6.54 Å². The summed E-state index contributed by atoms with van der Waals surface area (Å²) in [6.45, 7) is 0.165. The Labute approximate surface area is 145 Å². The van der Waals surface area contributed by atoms with E-state index >= 15 is 0 Å². The number of nitrogens with zero attached hydrogens (tertiary/aromatic N) is 2. The van der Waals surface area contributed by atoms with E-state index in [0.29, 0.717) is 18.4 Å². The van der Waals surface area contributed by atoms with Gasteiger partial charge in [0.05, 0.1) is 29.9 Å². The molecule has 1 saturated heterocycles. The Morgan fingerprint density at radius 2 is 1.72 bits per heavy atom. The van der Waals surface area contributed by atoms with E-state index in [-0.39, 0.29) is 43.2 Å². The van der Waals surface area contributed by atoms with E-state index in [4.69, 9.17) is 10.00 Å². The van der Waals surface area contributed by atoms with Crippen molar-refractivity contribution < 1.29 is 19.1 Å². The quantitative estimate of drug-likeness (QED) is 0.465. The van der Waals surface area contributed by atoms with E-state index in [9.17, 15) is 14.4 Å². The average molecular weight is 338 g/mol. The van der Waals surface area contributed by atoms with Gasteiger partial charge in [-0.1, -0.05) is 24.3 Å². The smallest absolute Gasteiger partial charge is 0.307 e. The summed E-state index contributed by atoms with van der Waals surface area (Å²) in [5.41, 5.74) is 1.31. The first-order valence-electron chi connectivity index (χ1n) is 8.25. The van der Waals surface area contributed by atoms with Gasteiger partial charge in [0.2, 0.25) is 11.8 Å². The Bertz CT molecular complexity index is 735. The molecule has 0 N–H and O–H groups in total. The maximum Gasteiger partial charge on any atom is 0.307 e. The molecule has 0 spiro atoms. The lowest BCUT2D eigenvalue weighted by atomic mass is 9.85. The third kappa shape index (κ3) is 3.61. The maximum absolute atomic E-state index is 12.3. The summed E-state index contributed by atoms with van der Waals surface area (Å²) < 4.78 is 5.17. The van der Waals surface area contributed by atoms with Crippen LogP contribution in [0.1, 0.15) is 30.4 Å². The van der Waals surface area contributed by atoms with Crippen molar-refractivity contribution >= 4 is 17.8 Å². The molecule has 1 aliphatic heterocycles. The van der Waals surface area contributed by atoms with E-state index in [1.807, 2.05) is 18.2 Å². The molecule has 25 heavy (non-hydrogen) atoms. The second-order valence-electron chi connectivity index (χ2n) is 6.20. The number of benzene rings is 1. The van der Waals surface area contributed by atoms with Gasteiger partial charge >= 0.3 is 5.97 Å². The summed E-state index contributed by atoms with van der Waals surface area (Å²) in [7, 11) is 0. The van der Waals surface area contributed by atoms with Crippen molar-refractivity contribution in [3.05, 3.63) is 47.5 Å². The lowest BCUT2D eigenvalue weighted by Gasteiger charge is -2.14. The molecule has 0 bridgehead atoms. The Balaban J connectivity index is 1.48. The average Bonchev–Trinajstić information content (AvgIpc) is 2.89. The van der Waals surface area contributed by atoms with Crippen LogP contribution in [-0.4, -0.2) is 29.2 Å². The molecule has 0 radical (unpaired) electrons. The zero-order valence-corrected chi connectivity index (χ0v) is 13.7. The molecular formula is C19H18N2O4. The number of carbonyl (C=O) groups is 3. The molecule has 1 aliphatic carbocycles. The van der Waals surface area contributed by atoms with Crippen LogP contribution >= 0.6 is 0 Å². The van der Waals surface area contributed by atoms with Crippen molar-refractivity contribution in [2.75, 3.05) is 6.54 Å². The van der Waals surface area contributed by atoms with E-state index in [1.54, 1.807) is 24.3 Å². The molecule has 0 aromatic heterocycles. The zero-order chi connectivity index (χ0) is 17.8. The Morgan fingerprint density at radius 1 is 1.12 bits per heavy atom. The van der Waals surface area contributed by atoms with Gasteiger partial charge in [-0.05, 0) is 30.5 Å². The first kappa shape index (κ1) is 16.9. The van der Waals surface area contributed by atoms with Crippen LogP contribution in [0.25, 0.3) is 0 Å². The highest BCUT2D eigenvalue weighted by Crippen LogP contribution is 2.34. The summed E-state index contributed by atoms with van der Waals surface area (Å²) in [5, 5.41) is 8.74. The molecule has 3 rings (SSSR count). The van der Waals surface area contributed by atoms with Crippen molar-refractivity contribution in [1.29, 1.82) is 5.26 Å². The van der Waals surface area contributed by atoms with Crippen molar-refractivity contribution in [1.82, 2.24) is 4.90 Å². The molecular weight excluding hydrogens is 320 g/mol. The molecule has 128 valence electrons. The number of carbonyl (C=O) groups excluding carboxylic acids is 3. The van der Waals surface area contributed by atoms with Gasteiger partial charge in [-0.15, -0.1) is 0 Å². The molecule has 1 aromatic rings. The van der Waals surface area contributed by atoms with Crippen LogP contribution < -0.4 is 0 Å². The number of esters is 1. The standard InChI is InChI=1S/C19H18N2O4/c20-11-13-5-7-14(8-6-13)12-25-17(22)9-10-21-18(23)15-3-1-2-4-16(15)19(21)24/h1-2,5-8,15-16H,3-4,9-10,12H2/t15-,16-/m1/s1. The van der Waals surface area contributed by atoms with Gasteiger partial charge in [0.25, 0.3) is 0 Å². The zero-order valence-electron chi connectivity index (χ0n) is 13.7. The number of hydrogen-bond acceptors (Lipinski definition) is 5. The lowest BCUT2D eigenvalue weighted by Crippen LogP contribution is -2.33. The minimum Gasteiger partial charge on any atom is -0.461 e. The fraction of sp³-hybridized carbons (Fsp3) is 0.368. The minimum atomic E-state index is -0.460. The van der Waals surface area contributed by atoms with Crippen LogP contribution in [0.4, 0.5) is 0 Å². The van der Waals surface area contributed by atoms with Gasteiger partial charge in [0.15, 0.2) is 0 Å². The molecule has 6 nitrogen and oxygen atoms in total. The van der Waals surface area contributed by atoms with E-state index in [1.165, 1.54) is 4.90 Å². The van der Waals surface area contributed by atoms with Crippen LogP contribution in [0, 0.1) is 23.2 Å². The Hall–Kier alpha value is -2.94. The highest BCUT2D eigenvalue weighted by atomic mass is 16.5. The minimum absolute atomic E-state index is 0.0133. The second-order valence-corrected chi connectivity index (χ2v) is 6.20. The van der Waals surface area contributed by atoms with E-state index in [0.717, 1.165) is 5.56 Å². The second kappa shape index (κ2) is 7.31. The first-order chi connectivity index (χ1) is 12.1. The number of nitriles is 1. The normalized spacial score (nSPS) is 21.8. The van der Waals surface area contributed by atoms with E-state index in [2.05, 4.69) is 0 Å². The van der Waals surface area contributed by atoms with Gasteiger partial charge in [-0.2, -0.15) is 5.26 Å². The third-order valence-electron chi connectivity index (χ3n) is 4.62. The summed E-state index contributed by atoms with van der Waals surface area (Å²) in [4.78, 5) is 37.7. The van der Waals surface area contributed by atoms with Crippen molar-refractivity contribution in [3.8, 4) is 6.07 Å². The van der Waals surface area contributed by atoms with Gasteiger partial charge in [0.1, 0.15) is 6.61 Å². The summed E-state index contributed by atoms with van der Waals surface area (Å²) in [5.74, 6) is -1.37. The molecule has 1 fully saturated rings. The van der Waals surface area contributed by atoms with Crippen LogP contribution in [0.15, 0.2) is 36.4 Å². The lowest BCUT2D eigenvalue weighted by molar-refractivity contribution is -0.146. The largest absolute Gasteiger partial charge is 0.461 e. The third-order valence-corrected chi connectivity index (χ3v) is 4.62. The van der Waals surface area contributed by atoms with Crippen LogP contribution in [0.5, 0.6) is 0 Å². The number of imide groups is 1. The molecule has 2 atom stereocenters. The fourth-order valence-electron chi connectivity index (χ4n) is 3.20. The van der Waals surface area contributed by atoms with Crippen molar-refractivity contribution in [2.45, 2.75) is 25.9 Å². The molecule has 2 aliphatic rings. The number of rotatable bonds is 5. The van der Waals surface area contributed by atoms with Gasteiger partial charge in [-0.25, -0.2) is 0 Å². The Kier molecular flexibility index (Phi) is 4.94. The topological polar surface area (TPSA) is 87.5 Å². The van der Waals surface area contributed by atoms with Crippen molar-refractivity contribution in [2.24, 2.45) is 11.8 Å². The van der Waals surface area contributed by atoms with Crippen LogP contribution in [0.2, 0.25) is 0 Å². The predicted molar refractivity (Wildman–Crippen MR) is 87.6 cm³/mol. The molecule has 0 saturated carbocycles. The number of fused-ring (bicyclic) bond motifs is 1. The highest BCUT2D eigenvalue weighted by molar-refractivity contribution is 6.05. The monoisotopic (exact) mass is 338 g/mol. The van der Waals surface area contributed by atoms with Gasteiger partial charge < -0.3 is 4.74 Å². The molecule has 1 aromatic carbocycles. The summed E-state index contributed by atoms with van der Waals surface area (Å²) in [6, 6.07) is 8.76. The predicted octanol–water partition coefficient (Wildman–Crippen LogP) is 1.94. The number of amides is 2. The number of hydrogen-bond donors (Lipinski definition) is 0. The molecule has 2 amide bonds. The highest BCUT2D eigenvalue weighted by Gasteiger charge is 2.46. The molecule has 0 unspecified atom stereocenters. The number of likely N-dealkylation sites (tertiary alicyclic amines) is 1. The van der Waals surface area contributed by atoms with Crippen molar-refractivity contribution in [3.63, 3.8) is 0 Å². The van der Waals surface area contributed by atoms with E-state index < -0.39 is 5.97 Å². The SMILES string of the molecule is N#Cc1ccc(COC(=O)CCN2C(=O)[C@@H]3CC=CC[C@H]3C2=O)cc1. The van der Waals surface area contributed by atoms with Crippen LogP contribution in [-0.2, 0) is 25.7 Å². The summed E-state index contributed by atoms with van der Waals surface area (Å²) in [6.07, 6.45) is 5.04. The van der Waals surface area contributed by atoms with Crippen LogP contribution in [0.3, 0.4) is 0 Å². The fourth-order valence-corrected chi connectivity index (χ4v) is 3.20. The summed E-state index contributed by atoms with van der Waals surface area (Å²) >= 11 is 0. The number of ether oxygens (including phenoxy) is 1. The Morgan fingerprint density at radius 3 is 2.28 bits per heavy atom. The number of allylic oxidation sites excluding steroid dienone is 2. The van der Waals surface area contributed by atoms with Gasteiger partial charge in [-0.3, -0.25) is 19.3 Å². The molecule has 6 heteroatoms. The maximum atomic E-state index is 12.3.